The quantitative estimate of drug-likeness (QED) is 0.444. The van der Waals surface area contributed by atoms with Gasteiger partial charge >= 0.3 is 0 Å². The van der Waals surface area contributed by atoms with Gasteiger partial charge in [-0.25, -0.2) is 5.01 Å². The second-order valence-electron chi connectivity index (χ2n) is 9.33. The Bertz CT molecular complexity index is 1120. The van der Waals surface area contributed by atoms with Crippen molar-refractivity contribution in [1.29, 1.82) is 0 Å². The number of halogens is 1. The summed E-state index contributed by atoms with van der Waals surface area (Å²) >= 11 is 6.12. The summed E-state index contributed by atoms with van der Waals surface area (Å²) in [4.78, 5) is 15.8. The third kappa shape index (κ3) is 5.40. The number of rotatable bonds is 6. The molecule has 3 aromatic carbocycles. The number of hydrogen-bond donors (Lipinski definition) is 0. The van der Waals surface area contributed by atoms with Crippen LogP contribution in [0.5, 0.6) is 0 Å². The topological polar surface area (TPSA) is 35.9 Å². The average molecular weight is 472 g/mol. The predicted octanol–water partition coefficient (Wildman–Crippen LogP) is 5.97. The van der Waals surface area contributed by atoms with Gasteiger partial charge < -0.3 is 0 Å². The van der Waals surface area contributed by atoms with Gasteiger partial charge in [-0.1, -0.05) is 84.4 Å². The fraction of sp³-hybridized carbons (Fsp3) is 0.310. The molecule has 2 aliphatic rings. The van der Waals surface area contributed by atoms with Crippen LogP contribution in [0.2, 0.25) is 5.02 Å². The lowest BCUT2D eigenvalue weighted by Crippen LogP contribution is -2.42. The first kappa shape index (κ1) is 22.8. The van der Waals surface area contributed by atoms with Crippen LogP contribution < -0.4 is 0 Å². The molecule has 1 atom stereocenters. The van der Waals surface area contributed by atoms with E-state index in [2.05, 4.69) is 47.4 Å². The van der Waals surface area contributed by atoms with Crippen LogP contribution in [0.1, 0.15) is 42.0 Å². The number of likely N-dealkylation sites (tertiary alicyclic amines) is 1. The number of nitrogens with zero attached hydrogens (tertiary/aromatic N) is 3. The number of benzene rings is 3. The molecule has 0 radical (unpaired) electrons. The summed E-state index contributed by atoms with van der Waals surface area (Å²) < 4.78 is 0. The number of carbonyl (C=O) groups is 1. The zero-order chi connectivity index (χ0) is 23.3. The highest BCUT2D eigenvalue weighted by Crippen LogP contribution is 2.33. The van der Waals surface area contributed by atoms with E-state index in [9.17, 15) is 4.79 Å². The average Bonchev–Trinajstić information content (AvgIpc) is 3.33. The Balaban J connectivity index is 1.25. The van der Waals surface area contributed by atoms with Gasteiger partial charge in [0.25, 0.3) is 5.91 Å². The summed E-state index contributed by atoms with van der Waals surface area (Å²) in [5.41, 5.74) is 4.49. The molecular formula is C29H30ClN3O. The van der Waals surface area contributed by atoms with Crippen LogP contribution in [0.4, 0.5) is 0 Å². The van der Waals surface area contributed by atoms with Crippen LogP contribution in [0.25, 0.3) is 0 Å². The fourth-order valence-corrected chi connectivity index (χ4v) is 5.18. The molecule has 5 heteroatoms. The standard InChI is InChI=1S/C29H30ClN3O/c30-26-13-11-25(12-14-26)28-20-27(24-9-5-2-6-10-24)31-33(28)29(34)21-32-17-15-23(16-18-32)19-22-7-3-1-4-8-22/h1-14,23,28H,15-21H2/t28-/m0/s1. The molecule has 4 nitrogen and oxygen atoms in total. The van der Waals surface area contributed by atoms with Crippen LogP contribution in [-0.4, -0.2) is 41.2 Å². The van der Waals surface area contributed by atoms with Crippen molar-refractivity contribution >= 4 is 23.2 Å². The molecule has 0 N–H and O–H groups in total. The summed E-state index contributed by atoms with van der Waals surface area (Å²) in [5, 5.41) is 7.22. The van der Waals surface area contributed by atoms with E-state index >= 15 is 0 Å². The molecule has 1 saturated heterocycles. The molecule has 34 heavy (non-hydrogen) atoms. The lowest BCUT2D eigenvalue weighted by molar-refractivity contribution is -0.134. The number of carbonyl (C=O) groups excluding carboxylic acids is 1. The maximum Gasteiger partial charge on any atom is 0.257 e. The second-order valence-corrected chi connectivity index (χ2v) is 9.77. The smallest absolute Gasteiger partial charge is 0.257 e. The zero-order valence-corrected chi connectivity index (χ0v) is 20.1. The second kappa shape index (κ2) is 10.5. The van der Waals surface area contributed by atoms with Gasteiger partial charge in [0, 0.05) is 11.4 Å². The van der Waals surface area contributed by atoms with Gasteiger partial charge in [-0.05, 0) is 67.1 Å². The first-order valence-electron chi connectivity index (χ1n) is 12.1. The first-order chi connectivity index (χ1) is 16.7. The van der Waals surface area contributed by atoms with Gasteiger partial charge in [-0.3, -0.25) is 9.69 Å². The minimum atomic E-state index is -0.101. The lowest BCUT2D eigenvalue weighted by Gasteiger charge is -2.33. The highest BCUT2D eigenvalue weighted by Gasteiger charge is 2.34. The van der Waals surface area contributed by atoms with Gasteiger partial charge in [-0.15, -0.1) is 0 Å². The minimum absolute atomic E-state index is 0.0624. The van der Waals surface area contributed by atoms with Gasteiger partial charge in [-0.2, -0.15) is 5.10 Å². The molecule has 0 unspecified atom stereocenters. The number of amides is 1. The fourth-order valence-electron chi connectivity index (χ4n) is 5.05. The highest BCUT2D eigenvalue weighted by atomic mass is 35.5. The van der Waals surface area contributed by atoms with Crippen molar-refractivity contribution in [2.24, 2.45) is 11.0 Å². The molecule has 0 saturated carbocycles. The third-order valence-electron chi connectivity index (χ3n) is 6.96. The number of hydrogen-bond acceptors (Lipinski definition) is 3. The van der Waals surface area contributed by atoms with Gasteiger partial charge in [0.2, 0.25) is 0 Å². The molecule has 2 aliphatic heterocycles. The van der Waals surface area contributed by atoms with E-state index in [-0.39, 0.29) is 11.9 Å². The predicted molar refractivity (Wildman–Crippen MR) is 138 cm³/mol. The Morgan fingerprint density at radius 2 is 1.53 bits per heavy atom. The summed E-state index contributed by atoms with van der Waals surface area (Å²) in [6.07, 6.45) is 4.08. The monoisotopic (exact) mass is 471 g/mol. The largest absolute Gasteiger partial charge is 0.294 e. The molecule has 2 heterocycles. The van der Waals surface area contributed by atoms with Crippen LogP contribution in [0, 0.1) is 5.92 Å². The summed E-state index contributed by atoms with van der Waals surface area (Å²) in [6, 6.07) is 28.5. The molecule has 0 spiro atoms. The molecule has 0 bridgehead atoms. The van der Waals surface area contributed by atoms with Crippen molar-refractivity contribution in [3.05, 3.63) is 107 Å². The summed E-state index contributed by atoms with van der Waals surface area (Å²) in [5.74, 6) is 0.748. The Hall–Kier alpha value is -2.95. The third-order valence-corrected chi connectivity index (χ3v) is 7.21. The maximum absolute atomic E-state index is 13.5. The van der Waals surface area contributed by atoms with Crippen LogP contribution in [-0.2, 0) is 11.2 Å². The zero-order valence-electron chi connectivity index (χ0n) is 19.3. The molecule has 3 aromatic rings. The van der Waals surface area contributed by atoms with Crippen molar-refractivity contribution in [3.8, 4) is 0 Å². The van der Waals surface area contributed by atoms with Crippen molar-refractivity contribution in [2.75, 3.05) is 19.6 Å². The van der Waals surface area contributed by atoms with Crippen molar-refractivity contribution in [2.45, 2.75) is 31.7 Å². The number of piperidine rings is 1. The normalized spacial score (nSPS) is 19.3. The molecule has 0 aromatic heterocycles. The summed E-state index contributed by atoms with van der Waals surface area (Å²) in [7, 11) is 0. The molecule has 1 fully saturated rings. The Morgan fingerprint density at radius 3 is 2.21 bits per heavy atom. The van der Waals surface area contributed by atoms with Crippen LogP contribution in [0.15, 0.2) is 90.0 Å². The molecular weight excluding hydrogens is 442 g/mol. The van der Waals surface area contributed by atoms with Gasteiger partial charge in [0.15, 0.2) is 0 Å². The summed E-state index contributed by atoms with van der Waals surface area (Å²) in [6.45, 7) is 2.32. The van der Waals surface area contributed by atoms with Crippen molar-refractivity contribution in [1.82, 2.24) is 9.91 Å². The van der Waals surface area contributed by atoms with E-state index in [0.29, 0.717) is 23.9 Å². The molecule has 0 aliphatic carbocycles. The van der Waals surface area contributed by atoms with E-state index in [0.717, 1.165) is 49.2 Å². The van der Waals surface area contributed by atoms with Crippen molar-refractivity contribution in [3.63, 3.8) is 0 Å². The van der Waals surface area contributed by atoms with Crippen LogP contribution >= 0.6 is 11.6 Å². The SMILES string of the molecule is O=C(CN1CCC(Cc2ccccc2)CC1)N1N=C(c2ccccc2)C[C@H]1c1ccc(Cl)cc1. The van der Waals surface area contributed by atoms with Gasteiger partial charge in [0.1, 0.15) is 0 Å². The van der Waals surface area contributed by atoms with Crippen LogP contribution in [0.3, 0.4) is 0 Å². The van der Waals surface area contributed by atoms with E-state index in [1.165, 1.54) is 5.56 Å². The van der Waals surface area contributed by atoms with E-state index in [1.54, 1.807) is 5.01 Å². The van der Waals surface area contributed by atoms with E-state index < -0.39 is 0 Å². The van der Waals surface area contributed by atoms with E-state index in [1.807, 2.05) is 42.5 Å². The number of hydrazone groups is 1. The molecule has 5 rings (SSSR count). The lowest BCUT2D eigenvalue weighted by atomic mass is 9.90. The first-order valence-corrected chi connectivity index (χ1v) is 12.5. The maximum atomic E-state index is 13.5. The Labute approximate surface area is 206 Å². The Kier molecular flexibility index (Phi) is 7.08. The van der Waals surface area contributed by atoms with Gasteiger partial charge in [0.05, 0.1) is 18.3 Å². The molecule has 1 amide bonds. The Morgan fingerprint density at radius 1 is 0.882 bits per heavy atom. The van der Waals surface area contributed by atoms with E-state index in [4.69, 9.17) is 16.7 Å². The van der Waals surface area contributed by atoms with Crippen molar-refractivity contribution < 1.29 is 4.79 Å². The molecule has 174 valence electrons. The highest BCUT2D eigenvalue weighted by molar-refractivity contribution is 6.30. The minimum Gasteiger partial charge on any atom is -0.294 e.